The molecule has 0 aliphatic carbocycles. The zero-order valence-corrected chi connectivity index (χ0v) is 22.7. The van der Waals surface area contributed by atoms with Crippen molar-refractivity contribution in [1.82, 2.24) is 0 Å². The van der Waals surface area contributed by atoms with Crippen LogP contribution in [-0.2, 0) is 9.47 Å². The van der Waals surface area contributed by atoms with Crippen LogP contribution < -0.4 is 0 Å². The van der Waals surface area contributed by atoms with Crippen LogP contribution >= 0.6 is 0 Å². The van der Waals surface area contributed by atoms with E-state index in [0.29, 0.717) is 22.3 Å². The molecule has 4 aromatic rings. The molecule has 0 atom stereocenters. The quantitative estimate of drug-likeness (QED) is 0.124. The Hall–Kier alpha value is -4.84. The van der Waals surface area contributed by atoms with Crippen molar-refractivity contribution in [2.24, 2.45) is 5.41 Å². The number of hydrogen-bond acceptors (Lipinski definition) is 6. The monoisotopic (exact) mass is 548 g/mol. The van der Waals surface area contributed by atoms with Gasteiger partial charge >= 0.3 is 11.9 Å². The van der Waals surface area contributed by atoms with Crippen LogP contribution in [0.4, 0.5) is 0 Å². The maximum absolute atomic E-state index is 13.1. The lowest BCUT2D eigenvalue weighted by atomic mass is 9.78. The van der Waals surface area contributed by atoms with Crippen LogP contribution in [0.2, 0.25) is 0 Å². The summed E-state index contributed by atoms with van der Waals surface area (Å²) in [7, 11) is 0. The van der Waals surface area contributed by atoms with Gasteiger partial charge in [-0.15, -0.1) is 0 Å². The molecule has 0 aromatic heterocycles. The lowest BCUT2D eigenvalue weighted by Gasteiger charge is -2.33. The van der Waals surface area contributed by atoms with Gasteiger partial charge in [0.25, 0.3) is 0 Å². The lowest BCUT2D eigenvalue weighted by molar-refractivity contribution is -0.0123. The zero-order valence-electron chi connectivity index (χ0n) is 22.7. The van der Waals surface area contributed by atoms with E-state index in [-0.39, 0.29) is 50.5 Å². The fraction of sp³-hybridized carbons (Fsp3) is 0.200. The molecule has 0 spiro atoms. The minimum Gasteiger partial charge on any atom is -0.461 e. The standard InChI is InChI=1S/C35H32O6/c36-31(27-13-5-1-6-14-27)21-23-35(24-22-32(37)28-15-7-2-8-16-28,25-40-33(38)29-17-9-3-10-18-29)26-41-34(39)30-19-11-4-12-20-30/h1-20H,21-26H2. The van der Waals surface area contributed by atoms with E-state index in [0.717, 1.165) is 0 Å². The van der Waals surface area contributed by atoms with Crippen molar-refractivity contribution >= 4 is 23.5 Å². The molecule has 0 saturated carbocycles. The number of Topliss-reactive ketones (excluding diaryl/α,β-unsaturated/α-hetero) is 2. The number of esters is 2. The first-order valence-electron chi connectivity index (χ1n) is 13.6. The first-order valence-corrected chi connectivity index (χ1v) is 13.6. The topological polar surface area (TPSA) is 86.7 Å². The molecule has 208 valence electrons. The SMILES string of the molecule is O=C(CCC(CCC(=O)c1ccccc1)(COC(=O)c1ccccc1)COC(=O)c1ccccc1)c1ccccc1. The molecule has 0 N–H and O–H groups in total. The van der Waals surface area contributed by atoms with Crippen LogP contribution in [0.25, 0.3) is 0 Å². The summed E-state index contributed by atoms with van der Waals surface area (Å²) in [6.07, 6.45) is 0.727. The van der Waals surface area contributed by atoms with E-state index < -0.39 is 17.4 Å². The van der Waals surface area contributed by atoms with E-state index in [4.69, 9.17) is 9.47 Å². The van der Waals surface area contributed by atoms with Gasteiger partial charge in [-0.2, -0.15) is 0 Å². The summed E-state index contributed by atoms with van der Waals surface area (Å²) >= 11 is 0. The van der Waals surface area contributed by atoms with Gasteiger partial charge in [0.15, 0.2) is 11.6 Å². The summed E-state index contributed by atoms with van der Waals surface area (Å²) in [5.74, 6) is -1.25. The van der Waals surface area contributed by atoms with Crippen LogP contribution in [0.15, 0.2) is 121 Å². The molecule has 0 saturated heterocycles. The number of carbonyl (C=O) groups is 4. The Morgan fingerprint density at radius 2 is 0.732 bits per heavy atom. The van der Waals surface area contributed by atoms with Gasteiger partial charge in [-0.3, -0.25) is 9.59 Å². The minimum atomic E-state index is -0.982. The van der Waals surface area contributed by atoms with Gasteiger partial charge in [-0.25, -0.2) is 9.59 Å². The Kier molecular flexibility index (Phi) is 10.3. The predicted molar refractivity (Wildman–Crippen MR) is 156 cm³/mol. The molecule has 0 unspecified atom stereocenters. The maximum Gasteiger partial charge on any atom is 0.338 e. The fourth-order valence-electron chi connectivity index (χ4n) is 4.50. The summed E-state index contributed by atoms with van der Waals surface area (Å²) < 4.78 is 11.5. The van der Waals surface area contributed by atoms with E-state index in [1.54, 1.807) is 109 Å². The smallest absolute Gasteiger partial charge is 0.338 e. The summed E-state index contributed by atoms with van der Waals surface area (Å²) in [6.45, 7) is -0.264. The summed E-state index contributed by atoms with van der Waals surface area (Å²) in [5.41, 5.74) is 0.893. The van der Waals surface area contributed by atoms with Gasteiger partial charge in [0.05, 0.1) is 11.1 Å². The van der Waals surface area contributed by atoms with Crippen molar-refractivity contribution in [3.05, 3.63) is 144 Å². The van der Waals surface area contributed by atoms with Gasteiger partial charge in [0, 0.05) is 29.4 Å². The van der Waals surface area contributed by atoms with E-state index in [1.807, 2.05) is 12.1 Å². The molecule has 0 aliphatic rings. The summed E-state index contributed by atoms with van der Waals surface area (Å²) in [4.78, 5) is 52.0. The molecule has 4 rings (SSSR count). The average Bonchev–Trinajstić information content (AvgIpc) is 3.05. The number of rotatable bonds is 14. The van der Waals surface area contributed by atoms with E-state index in [9.17, 15) is 19.2 Å². The van der Waals surface area contributed by atoms with Crippen molar-refractivity contribution in [1.29, 1.82) is 0 Å². The first-order chi connectivity index (χ1) is 20.0. The third-order valence-corrected chi connectivity index (χ3v) is 6.99. The predicted octanol–water partition coefficient (Wildman–Crippen LogP) is 7.01. The summed E-state index contributed by atoms with van der Waals surface area (Å²) in [5, 5.41) is 0. The second kappa shape index (κ2) is 14.5. The number of ketones is 2. The second-order valence-electron chi connectivity index (χ2n) is 9.96. The Balaban J connectivity index is 1.58. The third kappa shape index (κ3) is 8.57. The van der Waals surface area contributed by atoms with E-state index in [1.165, 1.54) is 0 Å². The Morgan fingerprint density at radius 1 is 0.439 bits per heavy atom. The zero-order chi connectivity index (χ0) is 28.9. The van der Waals surface area contributed by atoms with Crippen molar-refractivity contribution < 1.29 is 28.7 Å². The normalized spacial score (nSPS) is 10.9. The van der Waals surface area contributed by atoms with Crippen LogP contribution in [-0.4, -0.2) is 36.7 Å². The van der Waals surface area contributed by atoms with Gasteiger partial charge in [0.1, 0.15) is 13.2 Å². The number of ether oxygens (including phenoxy) is 2. The molecule has 0 radical (unpaired) electrons. The van der Waals surface area contributed by atoms with Gasteiger partial charge in [-0.05, 0) is 37.1 Å². The molecule has 4 aromatic carbocycles. The van der Waals surface area contributed by atoms with Gasteiger partial charge < -0.3 is 9.47 Å². The molecule has 6 nitrogen and oxygen atoms in total. The highest BCUT2D eigenvalue weighted by Crippen LogP contribution is 2.33. The highest BCUT2D eigenvalue weighted by molar-refractivity contribution is 5.96. The highest BCUT2D eigenvalue weighted by Gasteiger charge is 2.35. The van der Waals surface area contributed by atoms with Crippen molar-refractivity contribution in [2.75, 3.05) is 13.2 Å². The summed E-state index contributed by atoms with van der Waals surface area (Å²) in [6, 6.07) is 35.0. The highest BCUT2D eigenvalue weighted by atomic mass is 16.5. The third-order valence-electron chi connectivity index (χ3n) is 6.99. The Bertz CT molecular complexity index is 1210. The molecule has 41 heavy (non-hydrogen) atoms. The van der Waals surface area contributed by atoms with Crippen LogP contribution in [0.1, 0.15) is 67.1 Å². The lowest BCUT2D eigenvalue weighted by Crippen LogP contribution is -2.36. The van der Waals surface area contributed by atoms with Crippen molar-refractivity contribution in [3.63, 3.8) is 0 Å². The van der Waals surface area contributed by atoms with Crippen LogP contribution in [0, 0.1) is 5.41 Å². The van der Waals surface area contributed by atoms with E-state index >= 15 is 0 Å². The van der Waals surface area contributed by atoms with Gasteiger partial charge in [0.2, 0.25) is 0 Å². The molecule has 0 aliphatic heterocycles. The molecule has 0 amide bonds. The average molecular weight is 549 g/mol. The molecular weight excluding hydrogens is 516 g/mol. The molecule has 0 heterocycles. The van der Waals surface area contributed by atoms with Crippen LogP contribution in [0.5, 0.6) is 0 Å². The minimum absolute atomic E-state index is 0.0897. The maximum atomic E-state index is 13.1. The number of carbonyl (C=O) groups excluding carboxylic acids is 4. The molecule has 6 heteroatoms. The molecule has 0 fully saturated rings. The number of hydrogen-bond donors (Lipinski definition) is 0. The number of benzene rings is 4. The van der Waals surface area contributed by atoms with Crippen molar-refractivity contribution in [3.8, 4) is 0 Å². The second-order valence-corrected chi connectivity index (χ2v) is 9.96. The van der Waals surface area contributed by atoms with Crippen molar-refractivity contribution in [2.45, 2.75) is 25.7 Å². The Labute approximate surface area is 239 Å². The Morgan fingerprint density at radius 3 is 1.05 bits per heavy atom. The first kappa shape index (κ1) is 29.2. The largest absolute Gasteiger partial charge is 0.461 e. The molecular formula is C35H32O6. The van der Waals surface area contributed by atoms with Gasteiger partial charge in [-0.1, -0.05) is 97.1 Å². The molecule has 0 bridgehead atoms. The van der Waals surface area contributed by atoms with E-state index in [2.05, 4.69) is 0 Å². The fourth-order valence-corrected chi connectivity index (χ4v) is 4.50. The van der Waals surface area contributed by atoms with Crippen LogP contribution in [0.3, 0.4) is 0 Å².